The first-order chi connectivity index (χ1) is 15.5. The Labute approximate surface area is 189 Å². The van der Waals surface area contributed by atoms with E-state index in [2.05, 4.69) is 4.90 Å². The minimum atomic E-state index is -2.20. The third-order valence-electron chi connectivity index (χ3n) is 5.39. The lowest BCUT2D eigenvalue weighted by Crippen LogP contribution is -2.46. The molecule has 1 fully saturated rings. The highest BCUT2D eigenvalue weighted by molar-refractivity contribution is 7.80. The molecule has 0 aliphatic carbocycles. The van der Waals surface area contributed by atoms with E-state index >= 15 is 0 Å². The Balaban J connectivity index is 1.77. The molecule has 1 saturated heterocycles. The summed E-state index contributed by atoms with van der Waals surface area (Å²) in [4.78, 5) is 13.5. The van der Waals surface area contributed by atoms with Crippen LogP contribution in [0.15, 0.2) is 48.5 Å². The molecule has 2 aromatic rings. The van der Waals surface area contributed by atoms with Gasteiger partial charge in [0.15, 0.2) is 11.5 Å². The average molecular weight is 462 g/mol. The lowest BCUT2D eigenvalue weighted by Gasteiger charge is -2.39. The lowest BCUT2D eigenvalue weighted by molar-refractivity contribution is -0.124. The minimum Gasteiger partial charge on any atom is -0.493 e. The molecule has 32 heavy (non-hydrogen) atoms. The van der Waals surface area contributed by atoms with Gasteiger partial charge in [-0.15, -0.1) is 0 Å². The van der Waals surface area contributed by atoms with Gasteiger partial charge in [-0.25, -0.2) is 9.69 Å². The predicted octanol–water partition coefficient (Wildman–Crippen LogP) is 2.83. The van der Waals surface area contributed by atoms with Crippen molar-refractivity contribution >= 4 is 34.6 Å². The summed E-state index contributed by atoms with van der Waals surface area (Å²) < 4.78 is 34.3. The van der Waals surface area contributed by atoms with E-state index in [1.807, 2.05) is 24.3 Å². The number of methoxy groups -OCH3 is 2. The number of piperidine rings is 1. The molecular weight excluding hydrogens is 434 g/mol. The molecule has 0 spiro atoms. The molecule has 3 rings (SSSR count). The van der Waals surface area contributed by atoms with E-state index in [9.17, 15) is 13.6 Å². The molecule has 0 radical (unpaired) electrons. The Bertz CT molecular complexity index is 991. The number of hydrogen-bond donors (Lipinski definition) is 3. The standard InChI is InChI=1S/C22H27N3O6S/c1-30-20-9-8-18(15-21(20)31-2)25(32(28)29)17-11-13-24(14-12-17)19-6-4-3-5-16(19)7-10-22(26)23-27/h3-10,15,17,27H,11-14H2,1-2H3,(H,23,26)(H,28,29)/b10-7+. The van der Waals surface area contributed by atoms with Crippen molar-refractivity contribution in [2.24, 2.45) is 0 Å². The van der Waals surface area contributed by atoms with E-state index in [-0.39, 0.29) is 6.04 Å². The molecule has 2 aromatic carbocycles. The van der Waals surface area contributed by atoms with Crippen LogP contribution >= 0.6 is 0 Å². The highest BCUT2D eigenvalue weighted by atomic mass is 32.2. The topological polar surface area (TPSA) is 112 Å². The Morgan fingerprint density at radius 2 is 1.84 bits per heavy atom. The van der Waals surface area contributed by atoms with Crippen LogP contribution in [-0.4, -0.2) is 53.2 Å². The van der Waals surface area contributed by atoms with E-state index in [1.165, 1.54) is 17.5 Å². The first-order valence-corrected chi connectivity index (χ1v) is 11.1. The molecule has 1 aliphatic heterocycles. The Morgan fingerprint density at radius 3 is 2.47 bits per heavy atom. The average Bonchev–Trinajstić information content (AvgIpc) is 2.83. The van der Waals surface area contributed by atoms with Crippen LogP contribution in [-0.2, 0) is 16.1 Å². The van der Waals surface area contributed by atoms with Gasteiger partial charge in [0.2, 0.25) is 0 Å². The minimum absolute atomic E-state index is 0.141. The maximum absolute atomic E-state index is 12.2. The molecule has 1 unspecified atom stereocenters. The second kappa shape index (κ2) is 11.0. The number of nitrogens with zero attached hydrogens (tertiary/aromatic N) is 2. The van der Waals surface area contributed by atoms with Gasteiger partial charge in [-0.05, 0) is 42.7 Å². The molecule has 9 nitrogen and oxygen atoms in total. The molecule has 0 saturated carbocycles. The Hall–Kier alpha value is -3.08. The number of carbonyl (C=O) groups is 1. The van der Waals surface area contributed by atoms with Crippen LogP contribution in [0.25, 0.3) is 6.08 Å². The molecule has 10 heteroatoms. The number of anilines is 2. The molecule has 1 aliphatic rings. The maximum Gasteiger partial charge on any atom is 0.267 e. The van der Waals surface area contributed by atoms with Gasteiger partial charge in [0, 0.05) is 37.0 Å². The lowest BCUT2D eigenvalue weighted by atomic mass is 10.0. The van der Waals surface area contributed by atoms with Crippen molar-refractivity contribution in [1.82, 2.24) is 5.48 Å². The van der Waals surface area contributed by atoms with Crippen molar-refractivity contribution in [3.63, 3.8) is 0 Å². The van der Waals surface area contributed by atoms with Crippen molar-refractivity contribution in [1.29, 1.82) is 0 Å². The number of hydrogen-bond acceptors (Lipinski definition) is 6. The number of hydroxylamine groups is 1. The van der Waals surface area contributed by atoms with Crippen molar-refractivity contribution < 1.29 is 28.2 Å². The fraction of sp³-hybridized carbons (Fsp3) is 0.318. The third-order valence-corrected chi connectivity index (χ3v) is 6.23. The molecule has 1 heterocycles. The molecule has 1 atom stereocenters. The number of benzene rings is 2. The van der Waals surface area contributed by atoms with Gasteiger partial charge in [0.1, 0.15) is 0 Å². The number of amides is 1. The van der Waals surface area contributed by atoms with E-state index < -0.39 is 17.2 Å². The van der Waals surface area contributed by atoms with Gasteiger partial charge in [-0.2, -0.15) is 0 Å². The van der Waals surface area contributed by atoms with E-state index in [1.54, 1.807) is 36.9 Å². The maximum atomic E-state index is 12.2. The van der Waals surface area contributed by atoms with Gasteiger partial charge in [0.25, 0.3) is 17.2 Å². The van der Waals surface area contributed by atoms with Crippen LogP contribution in [0.4, 0.5) is 11.4 Å². The van der Waals surface area contributed by atoms with Crippen LogP contribution in [0.3, 0.4) is 0 Å². The van der Waals surface area contributed by atoms with Gasteiger partial charge < -0.3 is 14.4 Å². The highest BCUT2D eigenvalue weighted by Crippen LogP contribution is 2.35. The normalized spacial score (nSPS) is 15.4. The summed E-state index contributed by atoms with van der Waals surface area (Å²) in [7, 11) is 3.06. The number of carbonyl (C=O) groups excluding carboxylic acids is 1. The van der Waals surface area contributed by atoms with Crippen LogP contribution < -0.4 is 24.2 Å². The van der Waals surface area contributed by atoms with Crippen LogP contribution in [0, 0.1) is 0 Å². The Morgan fingerprint density at radius 1 is 1.16 bits per heavy atom. The van der Waals surface area contributed by atoms with Gasteiger partial charge in [-0.3, -0.25) is 18.9 Å². The zero-order chi connectivity index (χ0) is 23.1. The van der Waals surface area contributed by atoms with E-state index in [4.69, 9.17) is 14.7 Å². The third kappa shape index (κ3) is 5.39. The summed E-state index contributed by atoms with van der Waals surface area (Å²) in [6, 6.07) is 12.7. The molecule has 0 bridgehead atoms. The van der Waals surface area contributed by atoms with Crippen molar-refractivity contribution in [2.75, 3.05) is 36.5 Å². The monoisotopic (exact) mass is 461 g/mol. The van der Waals surface area contributed by atoms with E-state index in [0.717, 1.165) is 11.3 Å². The van der Waals surface area contributed by atoms with Crippen LogP contribution in [0.2, 0.25) is 0 Å². The SMILES string of the molecule is COc1ccc(N(C2CCN(c3ccccc3/C=C/C(=O)NO)CC2)S(=O)O)cc1OC. The number of ether oxygens (including phenoxy) is 2. The quantitative estimate of drug-likeness (QED) is 0.240. The largest absolute Gasteiger partial charge is 0.493 e. The summed E-state index contributed by atoms with van der Waals surface area (Å²) in [6.45, 7) is 1.34. The summed E-state index contributed by atoms with van der Waals surface area (Å²) >= 11 is -2.20. The second-order valence-corrected chi connectivity index (χ2v) is 8.04. The molecular formula is C22H27N3O6S. The zero-order valence-electron chi connectivity index (χ0n) is 17.9. The molecule has 0 aromatic heterocycles. The van der Waals surface area contributed by atoms with Crippen LogP contribution in [0.5, 0.6) is 11.5 Å². The van der Waals surface area contributed by atoms with Crippen molar-refractivity contribution in [3.05, 3.63) is 54.1 Å². The van der Waals surface area contributed by atoms with Gasteiger partial charge >= 0.3 is 0 Å². The van der Waals surface area contributed by atoms with Gasteiger partial charge in [-0.1, -0.05) is 18.2 Å². The first kappa shape index (κ1) is 23.6. The smallest absolute Gasteiger partial charge is 0.267 e. The summed E-state index contributed by atoms with van der Waals surface area (Å²) in [6.07, 6.45) is 4.23. The second-order valence-electron chi connectivity index (χ2n) is 7.18. The number of rotatable bonds is 8. The fourth-order valence-electron chi connectivity index (χ4n) is 3.85. The number of nitrogens with one attached hydrogen (secondary N) is 1. The zero-order valence-corrected chi connectivity index (χ0v) is 18.7. The Kier molecular flexibility index (Phi) is 8.09. The van der Waals surface area contributed by atoms with Crippen molar-refractivity contribution in [3.8, 4) is 11.5 Å². The number of para-hydroxylation sites is 1. The van der Waals surface area contributed by atoms with Gasteiger partial charge in [0.05, 0.1) is 19.9 Å². The van der Waals surface area contributed by atoms with Crippen LogP contribution in [0.1, 0.15) is 18.4 Å². The highest BCUT2D eigenvalue weighted by Gasteiger charge is 2.29. The predicted molar refractivity (Wildman–Crippen MR) is 123 cm³/mol. The first-order valence-electron chi connectivity index (χ1n) is 10.1. The van der Waals surface area contributed by atoms with Crippen molar-refractivity contribution in [2.45, 2.75) is 18.9 Å². The molecule has 172 valence electrons. The summed E-state index contributed by atoms with van der Waals surface area (Å²) in [5.74, 6) is 0.439. The summed E-state index contributed by atoms with van der Waals surface area (Å²) in [5.41, 5.74) is 3.96. The molecule has 3 N–H and O–H groups in total. The summed E-state index contributed by atoms with van der Waals surface area (Å²) in [5, 5.41) is 8.69. The van der Waals surface area contributed by atoms with E-state index in [0.29, 0.717) is 43.1 Å². The molecule has 1 amide bonds. The fourth-order valence-corrected chi connectivity index (χ4v) is 4.61.